The SMILES string of the molecule is O=S(=O)(O)OCCS(=O)(=O)c1ccc(N=Nc2ccc(Nc3nc(Cl)nc(Nc4ccc5c(O)c(N=Nc6ccc(SOOCCS(=O)(O)(O)O)cc6S(=O)(=O)O)c(S(O)(O)O)cc5c4S(=O)(=O)O)n3)cc2Nc2nc(Cl)nc(Nc3ccc4c(O)c(N=Nc5ccc(SOOCCS(=O)(O)(O)O)cc5S(=O)(=O)O)c(S(O)(O)O)cc4c3S(=O)(=O)O)n2)cc1. The number of sulfone groups is 1. The Balaban J connectivity index is 0.981. The molecule has 0 saturated heterocycles. The van der Waals surface area contributed by atoms with Crippen molar-refractivity contribution in [3.8, 4) is 11.5 Å². The zero-order chi connectivity index (χ0) is 91.7. The third-order valence-electron chi connectivity index (χ3n) is 15.1. The maximum absolute atomic E-state index is 13.5. The Morgan fingerprint density at radius 1 is 0.395 bits per heavy atom. The molecule has 23 N–H and O–H groups in total. The molecule has 672 valence electrons. The van der Waals surface area contributed by atoms with Crippen molar-refractivity contribution in [1.82, 2.24) is 29.9 Å². The summed E-state index contributed by atoms with van der Waals surface area (Å²) in [6, 6.07) is 17.7. The largest absolute Gasteiger partial charge is 0.505 e. The first-order valence-electron chi connectivity index (χ1n) is 31.8. The first-order valence-corrected chi connectivity index (χ1v) is 49.8. The number of fused-ring (bicyclic) bond motifs is 2. The average Bonchev–Trinajstić information content (AvgIpc) is 0.742. The van der Waals surface area contributed by atoms with Gasteiger partial charge in [-0.1, -0.05) is 0 Å². The third-order valence-corrected chi connectivity index (χ3v) is 26.0. The van der Waals surface area contributed by atoms with Gasteiger partial charge in [0.1, 0.15) is 69.8 Å². The molecule has 10 aromatic rings. The number of halogens is 2. The lowest BCUT2D eigenvalue weighted by atomic mass is 10.1. The lowest BCUT2D eigenvalue weighted by Crippen LogP contribution is -2.36. The molecule has 0 fully saturated rings. The second-order valence-corrected chi connectivity index (χ2v) is 42.7. The lowest BCUT2D eigenvalue weighted by molar-refractivity contribution is -0.185. The Hall–Kier alpha value is -9.00. The van der Waals surface area contributed by atoms with Crippen molar-refractivity contribution in [3.63, 3.8) is 0 Å². The molecule has 0 aliphatic rings. The quantitative estimate of drug-likeness (QED) is 0.00429. The van der Waals surface area contributed by atoms with Crippen molar-refractivity contribution >= 4 is 252 Å². The maximum atomic E-state index is 13.5. The van der Waals surface area contributed by atoms with Crippen LogP contribution in [0.1, 0.15) is 0 Å². The number of nitrogens with zero attached hydrogens (tertiary/aromatic N) is 12. The maximum Gasteiger partial charge on any atom is 0.397 e. The first-order chi connectivity index (χ1) is 57.0. The summed E-state index contributed by atoms with van der Waals surface area (Å²) in [4.78, 5) is 25.5. The highest BCUT2D eigenvalue weighted by Crippen LogP contribution is 2.58. The van der Waals surface area contributed by atoms with Crippen molar-refractivity contribution in [2.45, 2.75) is 44.1 Å². The topological polar surface area (TPSA) is 869 Å². The molecule has 124 heavy (non-hydrogen) atoms. The van der Waals surface area contributed by atoms with Gasteiger partial charge in [0.05, 0.1) is 98.6 Å². The molecule has 8 aromatic carbocycles. The van der Waals surface area contributed by atoms with Crippen LogP contribution in [0.15, 0.2) is 190 Å². The van der Waals surface area contributed by atoms with Gasteiger partial charge in [0.15, 0.2) is 41.2 Å². The molecule has 0 aliphatic carbocycles. The van der Waals surface area contributed by atoms with Crippen molar-refractivity contribution in [2.24, 2.45) is 30.7 Å². The summed E-state index contributed by atoms with van der Waals surface area (Å²) in [6.45, 7) is -2.76. The standard InChI is InChI=1S/C56H54Cl2N16O38S12/c57-51-63-53(67-54(64-51)60-38-13-8-31-33(49(38)120(91,92)93)24-43(118(85,86)87)45(47(31)75)73-71-36-11-4-28(22-41(36)116(79,80)81)113-111-108-16-19-123(100,101,102)103)59-27-3-10-35(70-69-26-1-6-30(7-2-26)115(77,78)18-15-110-122(97,98)99)40(21-27)62-56-66-52(58)65-55(68-56)61-39-14-9-32-34(50(39)121(94,95)96)25-44(119(88,89)90)46(48(32)76)74-72-37-12-5-29(23-42(37)117(82,83)84)114-112-109-17-20-124(104,105,106)107/h1-14,21-25,75-76,85-90H,15-20H2,(H,79,80,81)(H,82,83,84)(H,91,92,93)(H,94,95,96)(H,97,98,99)(H3,100,101,102,103)(H3,104,105,106,107)(H2,59,60,63,64,67)(H2,61,62,65,66,68). The van der Waals surface area contributed by atoms with Crippen LogP contribution in [-0.2, 0) is 103 Å². The van der Waals surface area contributed by atoms with Crippen molar-refractivity contribution < 1.29 is 169 Å². The summed E-state index contributed by atoms with van der Waals surface area (Å²) in [5.41, 5.74) is -5.78. The second-order valence-electron chi connectivity index (χ2n) is 24.1. The number of hydrogen-bond donors (Lipinski definition) is 23. The van der Waals surface area contributed by atoms with Gasteiger partial charge in [-0.15, -0.1) is 25.6 Å². The summed E-state index contributed by atoms with van der Waals surface area (Å²) >= 11 is 13.2. The molecule has 2 aromatic heterocycles. The number of hydrogen-bond acceptors (Lipinski definition) is 45. The Bertz CT molecular complexity index is 6920. The van der Waals surface area contributed by atoms with Crippen LogP contribution in [0.2, 0.25) is 10.6 Å². The summed E-state index contributed by atoms with van der Waals surface area (Å²) in [5.74, 6) is -8.44. The van der Waals surface area contributed by atoms with E-state index < -0.39 is 270 Å². The minimum atomic E-state index is -6.01. The predicted molar refractivity (Wildman–Crippen MR) is 436 cm³/mol. The summed E-state index contributed by atoms with van der Waals surface area (Å²) in [7, 11) is -53.6. The van der Waals surface area contributed by atoms with Crippen LogP contribution in [0.3, 0.4) is 0 Å². The van der Waals surface area contributed by atoms with Gasteiger partial charge in [0.25, 0.3) is 40.5 Å². The van der Waals surface area contributed by atoms with Crippen molar-refractivity contribution in [2.75, 3.05) is 58.3 Å². The van der Waals surface area contributed by atoms with E-state index in [-0.39, 0.29) is 61.5 Å². The number of phenols is 2. The first kappa shape index (κ1) is 97.2. The number of nitrogens with one attached hydrogen (secondary N) is 4. The fraction of sp³-hybridized carbons (Fsp3) is 0.107. The van der Waals surface area contributed by atoms with Gasteiger partial charge < -0.3 is 58.8 Å². The fourth-order valence-electron chi connectivity index (χ4n) is 10.00. The van der Waals surface area contributed by atoms with E-state index in [0.717, 1.165) is 72.8 Å². The smallest absolute Gasteiger partial charge is 0.397 e. The normalized spacial score (nSPS) is 14.1. The zero-order valence-electron chi connectivity index (χ0n) is 60.0. The molecule has 0 atom stereocenters. The molecule has 0 amide bonds. The summed E-state index contributed by atoms with van der Waals surface area (Å²) in [5, 5.41) is 52.3. The number of aromatic hydroxyl groups is 2. The van der Waals surface area contributed by atoms with Gasteiger partial charge in [0.2, 0.25) is 34.4 Å². The molecule has 10 rings (SSSR count). The lowest BCUT2D eigenvalue weighted by Gasteiger charge is -2.23. The van der Waals surface area contributed by atoms with Gasteiger partial charge in [-0.3, -0.25) is 50.1 Å². The number of azo groups is 3. The van der Waals surface area contributed by atoms with Crippen LogP contribution < -0.4 is 21.3 Å². The van der Waals surface area contributed by atoms with Crippen LogP contribution in [0, 0.1) is 0 Å². The monoisotopic (exact) mass is 2010 g/mol. The predicted octanol–water partition coefficient (Wildman–Crippen LogP) is 12.4. The zero-order valence-corrected chi connectivity index (χ0v) is 71.3. The van der Waals surface area contributed by atoms with Gasteiger partial charge in [-0.25, -0.2) is 30.8 Å². The number of aromatic nitrogens is 6. The number of benzene rings is 8. The van der Waals surface area contributed by atoms with Crippen LogP contribution in [0.25, 0.3) is 21.5 Å². The van der Waals surface area contributed by atoms with Crippen LogP contribution in [0.4, 0.5) is 80.7 Å². The van der Waals surface area contributed by atoms with Gasteiger partial charge in [-0.2, -0.15) is 85.8 Å². The molecule has 54 nitrogen and oxygen atoms in total. The molecule has 0 spiro atoms. The Morgan fingerprint density at radius 2 is 0.782 bits per heavy atom. The fourth-order valence-corrected chi connectivity index (χ4v) is 18.0. The van der Waals surface area contributed by atoms with E-state index in [4.69, 9.17) is 55.1 Å². The van der Waals surface area contributed by atoms with E-state index in [1.165, 1.54) is 18.2 Å². The summed E-state index contributed by atoms with van der Waals surface area (Å²) < 4.78 is 357. The molecular weight excluding hydrogens is 1960 g/mol. The minimum absolute atomic E-state index is 0.0652. The highest BCUT2D eigenvalue weighted by Gasteiger charge is 2.35. The highest BCUT2D eigenvalue weighted by molar-refractivity contribution is 8.19. The molecular formula is C56H54Cl2N16O38S12. The van der Waals surface area contributed by atoms with E-state index in [0.29, 0.717) is 24.3 Å². The molecule has 2 heterocycles. The third kappa shape index (κ3) is 26.6. The molecule has 0 aliphatic heterocycles. The van der Waals surface area contributed by atoms with Crippen molar-refractivity contribution in [1.29, 1.82) is 0 Å². The Labute approximate surface area is 715 Å². The van der Waals surface area contributed by atoms with Gasteiger partial charge in [0, 0.05) is 37.0 Å². The van der Waals surface area contributed by atoms with E-state index in [1.54, 1.807) is 0 Å². The van der Waals surface area contributed by atoms with Gasteiger partial charge >= 0.3 is 10.4 Å². The van der Waals surface area contributed by atoms with Crippen LogP contribution in [0.5, 0.6) is 11.5 Å². The average molecular weight is 2010 g/mol. The van der Waals surface area contributed by atoms with E-state index in [1.807, 2.05) is 0 Å². The Morgan fingerprint density at radius 3 is 1.16 bits per heavy atom. The molecule has 0 bridgehead atoms. The number of rotatable bonds is 37. The van der Waals surface area contributed by atoms with Gasteiger partial charge in [-0.05, 0) is 138 Å². The number of anilines is 8. The summed E-state index contributed by atoms with van der Waals surface area (Å²) in [6.07, 6.45) is 0. The molecule has 0 unspecified atom stereocenters. The number of phenolic OH excluding ortho intramolecular Hbond substituents is 2. The highest BCUT2D eigenvalue weighted by atomic mass is 35.5. The molecule has 68 heteroatoms. The van der Waals surface area contributed by atoms with Crippen LogP contribution >= 0.6 is 69.0 Å². The van der Waals surface area contributed by atoms with E-state index in [9.17, 15) is 115 Å². The molecule has 0 saturated carbocycles. The Kier molecular flexibility index (Phi) is 28.5. The van der Waals surface area contributed by atoms with Crippen molar-refractivity contribution in [3.05, 3.63) is 126 Å². The van der Waals surface area contributed by atoms with E-state index in [2.05, 4.69) is 104 Å². The minimum Gasteiger partial charge on any atom is -0.505 e. The molecule has 0 radical (unpaired) electrons. The second kappa shape index (κ2) is 36.4. The van der Waals surface area contributed by atoms with Crippen LogP contribution in [-0.4, -0.2) is 214 Å². The van der Waals surface area contributed by atoms with E-state index >= 15 is 0 Å².